The minimum Gasteiger partial charge on any atom is -0.406 e. The molecule has 0 fully saturated rings. The van der Waals surface area contributed by atoms with Crippen molar-refractivity contribution in [3.8, 4) is 11.5 Å². The predicted molar refractivity (Wildman–Crippen MR) is 139 cm³/mol. The summed E-state index contributed by atoms with van der Waals surface area (Å²) in [7, 11) is 0. The molecule has 1 heterocycles. The Morgan fingerprint density at radius 1 is 0.825 bits per heavy atom. The van der Waals surface area contributed by atoms with Crippen LogP contribution in [-0.2, 0) is 11.8 Å². The molecular weight excluding hydrogens is 536 g/mol. The Labute approximate surface area is 228 Å². The van der Waals surface area contributed by atoms with Gasteiger partial charge in [-0.15, -0.1) is 26.3 Å². The van der Waals surface area contributed by atoms with Crippen LogP contribution in [0.3, 0.4) is 0 Å². The smallest absolute Gasteiger partial charge is 0.406 e. The molecule has 0 amide bonds. The van der Waals surface area contributed by atoms with Crippen LogP contribution in [0.4, 0.5) is 26.3 Å². The fraction of sp³-hybridized carbons (Fsp3) is 0.345. The second-order valence-corrected chi connectivity index (χ2v) is 9.56. The van der Waals surface area contributed by atoms with Crippen molar-refractivity contribution in [1.82, 2.24) is 10.3 Å². The molecule has 214 valence electrons. The summed E-state index contributed by atoms with van der Waals surface area (Å²) in [5, 5.41) is 9.69. The summed E-state index contributed by atoms with van der Waals surface area (Å²) in [6, 6.07) is 20.3. The molecule has 4 rings (SSSR count). The van der Waals surface area contributed by atoms with Crippen molar-refractivity contribution < 1.29 is 35.8 Å². The molecule has 0 aromatic heterocycles. The van der Waals surface area contributed by atoms with Gasteiger partial charge in [0, 0.05) is 43.7 Å². The van der Waals surface area contributed by atoms with Gasteiger partial charge in [0.25, 0.3) is 0 Å². The molecule has 11 heteroatoms. The van der Waals surface area contributed by atoms with Crippen molar-refractivity contribution in [2.45, 2.75) is 31.5 Å². The minimum atomic E-state index is -4.91. The Morgan fingerprint density at radius 2 is 1.40 bits per heavy atom. The summed E-state index contributed by atoms with van der Waals surface area (Å²) in [5.74, 6) is -0.757. The van der Waals surface area contributed by atoms with E-state index in [2.05, 4.69) is 19.9 Å². The van der Waals surface area contributed by atoms with Crippen LogP contribution in [0.25, 0.3) is 0 Å². The topological polar surface area (TPSA) is 46.1 Å². The first-order valence-corrected chi connectivity index (χ1v) is 12.7. The molecular formula is C29H29F6N3O2. The highest BCUT2D eigenvalue weighted by atomic mass is 19.4. The highest BCUT2D eigenvalue weighted by Gasteiger charge is 2.38. The lowest BCUT2D eigenvalue weighted by Crippen LogP contribution is -2.43. The van der Waals surface area contributed by atoms with E-state index in [1.165, 1.54) is 36.4 Å². The van der Waals surface area contributed by atoms with E-state index in [9.17, 15) is 26.3 Å². The predicted octanol–water partition coefficient (Wildman–Crippen LogP) is 6.54. The first-order chi connectivity index (χ1) is 19.0. The fourth-order valence-electron chi connectivity index (χ4n) is 4.92. The maximum Gasteiger partial charge on any atom is 0.573 e. The van der Waals surface area contributed by atoms with Crippen molar-refractivity contribution in [2.24, 2.45) is 11.0 Å². The van der Waals surface area contributed by atoms with Gasteiger partial charge in [0.2, 0.25) is 0 Å². The van der Waals surface area contributed by atoms with E-state index < -0.39 is 29.6 Å². The molecule has 1 aliphatic heterocycles. The zero-order chi connectivity index (χ0) is 28.8. The van der Waals surface area contributed by atoms with Crippen molar-refractivity contribution in [2.75, 3.05) is 26.2 Å². The molecule has 0 aliphatic carbocycles. The zero-order valence-corrected chi connectivity index (χ0v) is 21.7. The lowest BCUT2D eigenvalue weighted by atomic mass is 9.70. The Hall–Kier alpha value is -3.73. The van der Waals surface area contributed by atoms with Crippen LogP contribution in [0.15, 0.2) is 84.0 Å². The number of nitrogens with one attached hydrogen (secondary N) is 1. The second kappa shape index (κ2) is 12.2. The molecule has 0 saturated carbocycles. The van der Waals surface area contributed by atoms with Crippen molar-refractivity contribution in [3.05, 3.63) is 95.6 Å². The van der Waals surface area contributed by atoms with E-state index in [0.717, 1.165) is 12.1 Å². The number of ether oxygens (including phenoxy) is 2. The van der Waals surface area contributed by atoms with Gasteiger partial charge in [-0.05, 0) is 54.3 Å². The lowest BCUT2D eigenvalue weighted by Gasteiger charge is -2.37. The SMILES string of the molecule is CCN1CC(CNCC(Cc2ccccc2)(c2cccc(OC(F)(F)F)c2)c2cccc(OC(F)(F)F)c2)C=N1. The van der Waals surface area contributed by atoms with Crippen LogP contribution in [0.2, 0.25) is 0 Å². The van der Waals surface area contributed by atoms with Crippen LogP contribution in [0.1, 0.15) is 23.6 Å². The summed E-state index contributed by atoms with van der Waals surface area (Å²) >= 11 is 0. The summed E-state index contributed by atoms with van der Waals surface area (Å²) in [6.07, 6.45) is -7.71. The summed E-state index contributed by atoms with van der Waals surface area (Å²) < 4.78 is 87.1. The van der Waals surface area contributed by atoms with E-state index in [-0.39, 0.29) is 18.9 Å². The Balaban J connectivity index is 1.79. The Bertz CT molecular complexity index is 1220. The quantitative estimate of drug-likeness (QED) is 0.268. The molecule has 5 nitrogen and oxygen atoms in total. The first-order valence-electron chi connectivity index (χ1n) is 12.7. The van der Waals surface area contributed by atoms with E-state index in [1.807, 2.05) is 48.5 Å². The number of hydrazone groups is 1. The van der Waals surface area contributed by atoms with Crippen LogP contribution in [-0.4, -0.2) is 50.1 Å². The highest BCUT2D eigenvalue weighted by Crippen LogP contribution is 2.40. The van der Waals surface area contributed by atoms with Crippen molar-refractivity contribution in [3.63, 3.8) is 0 Å². The van der Waals surface area contributed by atoms with Crippen molar-refractivity contribution >= 4 is 6.21 Å². The fourth-order valence-corrected chi connectivity index (χ4v) is 4.92. The molecule has 0 radical (unpaired) electrons. The maximum absolute atomic E-state index is 13.1. The molecule has 1 N–H and O–H groups in total. The largest absolute Gasteiger partial charge is 0.573 e. The van der Waals surface area contributed by atoms with E-state index in [0.29, 0.717) is 24.2 Å². The molecule has 1 unspecified atom stereocenters. The van der Waals surface area contributed by atoms with Crippen molar-refractivity contribution in [1.29, 1.82) is 0 Å². The third kappa shape index (κ3) is 7.91. The number of benzene rings is 3. The van der Waals surface area contributed by atoms with Gasteiger partial charge < -0.3 is 14.8 Å². The van der Waals surface area contributed by atoms with Gasteiger partial charge in [-0.25, -0.2) is 0 Å². The molecule has 40 heavy (non-hydrogen) atoms. The summed E-state index contributed by atoms with van der Waals surface area (Å²) in [6.45, 7) is 4.16. The number of alkyl halides is 6. The van der Waals surface area contributed by atoms with Gasteiger partial charge in [-0.2, -0.15) is 5.10 Å². The van der Waals surface area contributed by atoms with Gasteiger partial charge in [0.1, 0.15) is 11.5 Å². The normalized spacial score (nSPS) is 15.9. The molecule has 0 saturated heterocycles. The Morgan fingerprint density at radius 3 is 1.90 bits per heavy atom. The number of rotatable bonds is 11. The monoisotopic (exact) mass is 565 g/mol. The second-order valence-electron chi connectivity index (χ2n) is 9.56. The van der Waals surface area contributed by atoms with Gasteiger partial charge in [-0.3, -0.25) is 5.01 Å². The Kier molecular flexibility index (Phi) is 8.92. The lowest BCUT2D eigenvalue weighted by molar-refractivity contribution is -0.275. The number of halogens is 6. The first kappa shape index (κ1) is 29.3. The van der Waals surface area contributed by atoms with Gasteiger partial charge in [0.15, 0.2) is 0 Å². The third-order valence-electron chi connectivity index (χ3n) is 6.67. The van der Waals surface area contributed by atoms with Gasteiger partial charge in [0.05, 0.1) is 0 Å². The van der Waals surface area contributed by atoms with Gasteiger partial charge in [-0.1, -0.05) is 54.6 Å². The maximum atomic E-state index is 13.1. The van der Waals surface area contributed by atoms with E-state index >= 15 is 0 Å². The highest BCUT2D eigenvalue weighted by molar-refractivity contribution is 5.62. The molecule has 0 bridgehead atoms. The van der Waals surface area contributed by atoms with Crippen LogP contribution in [0.5, 0.6) is 11.5 Å². The minimum absolute atomic E-state index is 0.0918. The third-order valence-corrected chi connectivity index (χ3v) is 6.67. The average molecular weight is 566 g/mol. The summed E-state index contributed by atoms with van der Waals surface area (Å²) in [4.78, 5) is 0. The molecule has 1 atom stereocenters. The number of hydrogen-bond acceptors (Lipinski definition) is 5. The number of nitrogens with zero attached hydrogens (tertiary/aromatic N) is 2. The van der Waals surface area contributed by atoms with E-state index in [1.54, 1.807) is 12.1 Å². The number of hydrogen-bond donors (Lipinski definition) is 1. The van der Waals surface area contributed by atoms with Gasteiger partial charge >= 0.3 is 12.7 Å². The van der Waals surface area contributed by atoms with E-state index in [4.69, 9.17) is 0 Å². The average Bonchev–Trinajstić information content (AvgIpc) is 3.35. The molecule has 0 spiro atoms. The van der Waals surface area contributed by atoms with Crippen LogP contribution >= 0.6 is 0 Å². The zero-order valence-electron chi connectivity index (χ0n) is 21.7. The summed E-state index contributed by atoms with van der Waals surface area (Å²) in [5.41, 5.74) is 0.612. The molecule has 3 aromatic rings. The molecule has 3 aromatic carbocycles. The van der Waals surface area contributed by atoms with Crippen LogP contribution in [0, 0.1) is 5.92 Å². The van der Waals surface area contributed by atoms with Crippen LogP contribution < -0.4 is 14.8 Å². The standard InChI is InChI=1S/C29H29F6N3O2/c1-2-38-19-22(18-37-38)17-36-20-27(16-21-8-4-3-5-9-21,23-10-6-12-25(14-23)39-28(30,31)32)24-11-7-13-26(15-24)40-29(33,34)35/h3-15,18,22,36H,2,16-17,19-20H2,1H3. The molecule has 1 aliphatic rings.